The SMILES string of the molecule is COCc1ccccc1-n1c(CCl)nc2cccc(Cl)c21. The van der Waals surface area contributed by atoms with E-state index in [2.05, 4.69) is 4.98 Å². The van der Waals surface area contributed by atoms with Crippen LogP contribution in [0.4, 0.5) is 0 Å². The Bertz CT molecular complexity index is 783. The molecule has 3 nitrogen and oxygen atoms in total. The van der Waals surface area contributed by atoms with Crippen LogP contribution < -0.4 is 0 Å². The van der Waals surface area contributed by atoms with Gasteiger partial charge < -0.3 is 4.74 Å². The third kappa shape index (κ3) is 2.53. The third-order valence-electron chi connectivity index (χ3n) is 3.35. The molecule has 3 aromatic rings. The first-order chi connectivity index (χ1) is 10.3. The van der Waals surface area contributed by atoms with Gasteiger partial charge in [0.15, 0.2) is 0 Å². The fraction of sp³-hybridized carbons (Fsp3) is 0.188. The fourth-order valence-electron chi connectivity index (χ4n) is 2.49. The molecule has 0 aliphatic rings. The zero-order valence-corrected chi connectivity index (χ0v) is 13.0. The van der Waals surface area contributed by atoms with Gasteiger partial charge in [0.05, 0.1) is 34.2 Å². The van der Waals surface area contributed by atoms with Crippen molar-refractivity contribution >= 4 is 34.2 Å². The molecule has 0 radical (unpaired) electrons. The predicted molar refractivity (Wildman–Crippen MR) is 86.4 cm³/mol. The van der Waals surface area contributed by atoms with Gasteiger partial charge in [-0.3, -0.25) is 4.57 Å². The Balaban J connectivity index is 2.34. The van der Waals surface area contributed by atoms with Gasteiger partial charge in [0.1, 0.15) is 5.82 Å². The number of hydrogen-bond donors (Lipinski definition) is 0. The Kier molecular flexibility index (Phi) is 4.15. The number of nitrogens with zero attached hydrogens (tertiary/aromatic N) is 2. The molecule has 1 heterocycles. The molecule has 108 valence electrons. The van der Waals surface area contributed by atoms with Crippen LogP contribution in [0, 0.1) is 0 Å². The molecule has 0 unspecified atom stereocenters. The first-order valence-electron chi connectivity index (χ1n) is 6.55. The summed E-state index contributed by atoms with van der Waals surface area (Å²) in [6, 6.07) is 13.7. The zero-order chi connectivity index (χ0) is 14.8. The number of methoxy groups -OCH3 is 1. The normalized spacial score (nSPS) is 11.2. The van der Waals surface area contributed by atoms with Crippen LogP contribution in [0.2, 0.25) is 5.02 Å². The summed E-state index contributed by atoms with van der Waals surface area (Å²) in [6.07, 6.45) is 0. The summed E-state index contributed by atoms with van der Waals surface area (Å²) < 4.78 is 7.30. The van der Waals surface area contributed by atoms with Gasteiger partial charge in [-0.2, -0.15) is 0 Å². The van der Waals surface area contributed by atoms with Gasteiger partial charge >= 0.3 is 0 Å². The molecule has 0 aliphatic carbocycles. The molecule has 1 aromatic heterocycles. The topological polar surface area (TPSA) is 27.1 Å². The molecular weight excluding hydrogens is 307 g/mol. The molecule has 0 bridgehead atoms. The van der Waals surface area contributed by atoms with Gasteiger partial charge in [-0.05, 0) is 18.2 Å². The molecule has 3 rings (SSSR count). The van der Waals surface area contributed by atoms with Crippen molar-refractivity contribution < 1.29 is 4.74 Å². The van der Waals surface area contributed by atoms with Crippen LogP contribution in [-0.4, -0.2) is 16.7 Å². The van der Waals surface area contributed by atoms with Crippen molar-refractivity contribution in [2.75, 3.05) is 7.11 Å². The lowest BCUT2D eigenvalue weighted by Gasteiger charge is -2.13. The molecule has 21 heavy (non-hydrogen) atoms. The van der Waals surface area contributed by atoms with Gasteiger partial charge in [-0.1, -0.05) is 35.9 Å². The molecule has 5 heteroatoms. The summed E-state index contributed by atoms with van der Waals surface area (Å²) in [7, 11) is 1.68. The van der Waals surface area contributed by atoms with Crippen molar-refractivity contribution in [3.63, 3.8) is 0 Å². The van der Waals surface area contributed by atoms with Crippen molar-refractivity contribution in [3.05, 3.63) is 58.9 Å². The number of alkyl halides is 1. The molecule has 2 aromatic carbocycles. The lowest BCUT2D eigenvalue weighted by molar-refractivity contribution is 0.185. The number of rotatable bonds is 4. The van der Waals surface area contributed by atoms with E-state index in [1.807, 2.05) is 47.0 Å². The van der Waals surface area contributed by atoms with Crippen molar-refractivity contribution in [3.8, 4) is 5.69 Å². The van der Waals surface area contributed by atoms with E-state index in [4.69, 9.17) is 27.9 Å². The van der Waals surface area contributed by atoms with E-state index in [9.17, 15) is 0 Å². The summed E-state index contributed by atoms with van der Waals surface area (Å²) in [5, 5.41) is 0.656. The maximum absolute atomic E-state index is 6.38. The van der Waals surface area contributed by atoms with Gasteiger partial charge in [-0.25, -0.2) is 4.98 Å². The standard InChI is InChI=1S/C16H14Cl2N2O/c1-21-10-11-5-2-3-8-14(11)20-15(9-17)19-13-7-4-6-12(18)16(13)20/h2-8H,9-10H2,1H3. The van der Waals surface area contributed by atoms with Crippen LogP contribution in [0.3, 0.4) is 0 Å². The number of fused-ring (bicyclic) bond motifs is 1. The van der Waals surface area contributed by atoms with Crippen LogP contribution in [0.1, 0.15) is 11.4 Å². The van der Waals surface area contributed by atoms with Crippen LogP contribution >= 0.6 is 23.2 Å². The second-order valence-electron chi connectivity index (χ2n) is 4.67. The summed E-state index contributed by atoms with van der Waals surface area (Å²) in [4.78, 5) is 4.58. The van der Waals surface area contributed by atoms with E-state index in [1.165, 1.54) is 0 Å². The van der Waals surface area contributed by atoms with Crippen molar-refractivity contribution in [1.29, 1.82) is 0 Å². The number of benzene rings is 2. The molecule has 0 atom stereocenters. The Hall–Kier alpha value is -1.55. The number of halogens is 2. The summed E-state index contributed by atoms with van der Waals surface area (Å²) in [5.74, 6) is 1.08. The van der Waals surface area contributed by atoms with Crippen LogP contribution in [0.25, 0.3) is 16.7 Å². The van der Waals surface area contributed by atoms with Crippen LogP contribution in [0.5, 0.6) is 0 Å². The average molecular weight is 321 g/mol. The molecular formula is C16H14Cl2N2O. The Morgan fingerprint density at radius 3 is 2.71 bits per heavy atom. The van der Waals surface area contributed by atoms with Gasteiger partial charge in [0, 0.05) is 12.7 Å². The van der Waals surface area contributed by atoms with E-state index >= 15 is 0 Å². The first kappa shape index (κ1) is 14.4. The minimum atomic E-state index is 0.312. The minimum absolute atomic E-state index is 0.312. The number of para-hydroxylation sites is 2. The first-order valence-corrected chi connectivity index (χ1v) is 7.46. The molecule has 0 saturated carbocycles. The smallest absolute Gasteiger partial charge is 0.129 e. The zero-order valence-electron chi connectivity index (χ0n) is 11.5. The highest BCUT2D eigenvalue weighted by Gasteiger charge is 2.16. The van der Waals surface area contributed by atoms with Gasteiger partial charge in [-0.15, -0.1) is 11.6 Å². The molecule has 0 N–H and O–H groups in total. The lowest BCUT2D eigenvalue weighted by atomic mass is 10.1. The maximum Gasteiger partial charge on any atom is 0.129 e. The van der Waals surface area contributed by atoms with Crippen LogP contribution in [0.15, 0.2) is 42.5 Å². The number of ether oxygens (including phenoxy) is 1. The van der Waals surface area contributed by atoms with Crippen molar-refractivity contribution in [1.82, 2.24) is 9.55 Å². The average Bonchev–Trinajstić information content (AvgIpc) is 2.88. The summed E-state index contributed by atoms with van der Waals surface area (Å²) in [5.41, 5.74) is 3.76. The fourth-order valence-corrected chi connectivity index (χ4v) is 2.92. The number of hydrogen-bond acceptors (Lipinski definition) is 2. The summed E-state index contributed by atoms with van der Waals surface area (Å²) >= 11 is 12.5. The molecule has 0 amide bonds. The van der Waals surface area contributed by atoms with Crippen molar-refractivity contribution in [2.45, 2.75) is 12.5 Å². The molecule has 0 fully saturated rings. The second kappa shape index (κ2) is 6.06. The highest BCUT2D eigenvalue weighted by molar-refractivity contribution is 6.35. The Labute approximate surface area is 133 Å². The molecule has 0 spiro atoms. The monoisotopic (exact) mass is 320 g/mol. The van der Waals surface area contributed by atoms with Crippen molar-refractivity contribution in [2.24, 2.45) is 0 Å². The Morgan fingerprint density at radius 2 is 1.95 bits per heavy atom. The number of aromatic nitrogens is 2. The van der Waals surface area contributed by atoms with E-state index in [0.29, 0.717) is 17.5 Å². The lowest BCUT2D eigenvalue weighted by Crippen LogP contribution is -2.04. The van der Waals surface area contributed by atoms with Gasteiger partial charge in [0.25, 0.3) is 0 Å². The van der Waals surface area contributed by atoms with E-state index in [1.54, 1.807) is 7.11 Å². The summed E-state index contributed by atoms with van der Waals surface area (Å²) in [6.45, 7) is 0.516. The third-order valence-corrected chi connectivity index (χ3v) is 3.89. The largest absolute Gasteiger partial charge is 0.380 e. The molecule has 0 aliphatic heterocycles. The minimum Gasteiger partial charge on any atom is -0.380 e. The predicted octanol–water partition coefficient (Wildman–Crippen LogP) is 4.56. The Morgan fingerprint density at radius 1 is 1.14 bits per heavy atom. The maximum atomic E-state index is 6.38. The van der Waals surface area contributed by atoms with Crippen LogP contribution in [-0.2, 0) is 17.2 Å². The van der Waals surface area contributed by atoms with E-state index in [-0.39, 0.29) is 0 Å². The number of imidazole rings is 1. The highest BCUT2D eigenvalue weighted by Crippen LogP contribution is 2.30. The van der Waals surface area contributed by atoms with E-state index in [0.717, 1.165) is 28.1 Å². The van der Waals surface area contributed by atoms with E-state index < -0.39 is 0 Å². The quantitative estimate of drug-likeness (QED) is 0.659. The second-order valence-corrected chi connectivity index (χ2v) is 5.34. The highest BCUT2D eigenvalue weighted by atomic mass is 35.5. The van der Waals surface area contributed by atoms with Gasteiger partial charge in [0.2, 0.25) is 0 Å². The molecule has 0 saturated heterocycles.